The van der Waals surface area contributed by atoms with Gasteiger partial charge in [-0.1, -0.05) is 41.5 Å². The molecular formula is C39H81N4O12PS4U. The summed E-state index contributed by atoms with van der Waals surface area (Å²) in [4.78, 5) is 50.3. The van der Waals surface area contributed by atoms with E-state index in [1.165, 1.54) is 16.7 Å². The minimum absolute atomic E-state index is 0. The molecule has 0 spiro atoms. The van der Waals surface area contributed by atoms with E-state index in [4.69, 9.17) is 30.4 Å². The number of carbonyl (C=O) groups is 4. The Hall–Kier alpha value is 0.282. The smallest absolute Gasteiger partial charge is 0.409 e. The van der Waals surface area contributed by atoms with Crippen LogP contribution in [0.2, 0.25) is 0 Å². The Labute approximate surface area is 410 Å². The maximum absolute atomic E-state index is 12.9. The van der Waals surface area contributed by atoms with E-state index >= 15 is 0 Å². The molecule has 1 amide bonds. The molecule has 0 fully saturated rings. The maximum atomic E-state index is 12.9. The Balaban J connectivity index is -0.00000165. The van der Waals surface area contributed by atoms with Crippen molar-refractivity contribution >= 4 is 80.9 Å². The zero-order valence-corrected chi connectivity index (χ0v) is 46.4. The van der Waals surface area contributed by atoms with Gasteiger partial charge in [-0.05, 0) is 60.5 Å². The fourth-order valence-corrected chi connectivity index (χ4v) is 8.39. The summed E-state index contributed by atoms with van der Waals surface area (Å²) in [5, 5.41) is 44.7. The third-order valence-corrected chi connectivity index (χ3v) is 12.0. The van der Waals surface area contributed by atoms with Crippen LogP contribution in [0.25, 0.3) is 0 Å². The predicted octanol–water partition coefficient (Wildman–Crippen LogP) is 3.49. The number of nitrogens with zero attached hydrogens (tertiary/aromatic N) is 1. The van der Waals surface area contributed by atoms with E-state index in [1.54, 1.807) is 35.3 Å². The van der Waals surface area contributed by atoms with Crippen LogP contribution >= 0.6 is 56.9 Å². The van der Waals surface area contributed by atoms with E-state index in [2.05, 4.69) is 19.2 Å². The number of ether oxygens (including phenoxy) is 4. The maximum Gasteiger partial charge on any atom is 0.409 e. The molecule has 0 aromatic rings. The molecule has 0 rings (SSSR count). The van der Waals surface area contributed by atoms with Crippen LogP contribution in [-0.4, -0.2) is 172 Å². The second-order valence-corrected chi connectivity index (χ2v) is 20.6. The molecule has 22 heteroatoms. The average molecular weight is 1200 g/mol. The fraction of sp³-hybridized carbons (Fsp3) is 0.897. The Bertz CT molecular complexity index is 1070. The summed E-state index contributed by atoms with van der Waals surface area (Å²) in [6.45, 7) is 14.9. The summed E-state index contributed by atoms with van der Waals surface area (Å²) < 4.78 is 20.8. The quantitative estimate of drug-likeness (QED) is 0.0156. The number of hydrogen-bond acceptors (Lipinski definition) is 19. The zero-order valence-electron chi connectivity index (χ0n) is 37.6. The van der Waals surface area contributed by atoms with Gasteiger partial charge in [0.1, 0.15) is 31.9 Å². The molecule has 0 aliphatic rings. The standard InChI is InChI=1S/C35H65NO12S4.C4H13N3.H3P.U/c1-25(2)19-33(42)46-21-29(38)12-17-50-24-49-16-11-28(37)20-45-31(40)9-7-14-36(35(44)48-22-30(39)13-18-51-26(3)4)15-8-10-32(41)47-23-34(43)52-27(5)6;5-1-3-7-4-2-6;;/h25-30,34,37-39,43H,7-24H2,1-6H3;7H,1-6H2;1H3;. The van der Waals surface area contributed by atoms with Crippen molar-refractivity contribution < 1.29 is 89.7 Å². The van der Waals surface area contributed by atoms with E-state index in [9.17, 15) is 39.6 Å². The van der Waals surface area contributed by atoms with Crippen LogP contribution in [0, 0.1) is 37.0 Å². The number of aliphatic hydroxyl groups is 4. The summed E-state index contributed by atoms with van der Waals surface area (Å²) in [5.74, 6) is 1.00. The number of thioether (sulfide) groups is 4. The molecule has 16 nitrogen and oxygen atoms in total. The van der Waals surface area contributed by atoms with E-state index in [0.717, 1.165) is 23.9 Å². The van der Waals surface area contributed by atoms with Crippen LogP contribution in [0.4, 0.5) is 4.79 Å². The average Bonchev–Trinajstić information content (AvgIpc) is 3.16. The van der Waals surface area contributed by atoms with Crippen LogP contribution in [0.5, 0.6) is 0 Å². The van der Waals surface area contributed by atoms with E-state index in [-0.39, 0.29) is 123 Å². The van der Waals surface area contributed by atoms with Crippen molar-refractivity contribution in [1.82, 2.24) is 10.2 Å². The molecule has 9 N–H and O–H groups in total. The molecule has 0 aromatic carbocycles. The van der Waals surface area contributed by atoms with Crippen LogP contribution in [-0.2, 0) is 33.3 Å². The summed E-state index contributed by atoms with van der Waals surface area (Å²) in [6.07, 6.45) is -0.645. The largest absolute Gasteiger partial charge is 0.463 e. The Morgan fingerprint density at radius 3 is 1.52 bits per heavy atom. The van der Waals surface area contributed by atoms with Crippen molar-refractivity contribution in [2.75, 3.05) is 88.0 Å². The first-order valence-electron chi connectivity index (χ1n) is 20.6. The van der Waals surface area contributed by atoms with E-state index < -0.39 is 41.8 Å². The van der Waals surface area contributed by atoms with Crippen LogP contribution in [0.1, 0.15) is 92.9 Å². The molecular weight excluding hydrogens is 1110 g/mol. The molecule has 362 valence electrons. The Morgan fingerprint density at radius 2 is 1.08 bits per heavy atom. The fourth-order valence-electron chi connectivity index (χ4n) is 4.45. The van der Waals surface area contributed by atoms with Gasteiger partial charge < -0.3 is 61.1 Å². The Morgan fingerprint density at radius 1 is 0.639 bits per heavy atom. The number of hydrogen-bond donors (Lipinski definition) is 7. The van der Waals surface area contributed by atoms with Crippen molar-refractivity contribution in [2.45, 2.75) is 127 Å². The molecule has 5 unspecified atom stereocenters. The number of esters is 3. The number of nitrogens with two attached hydrogens (primary N) is 2. The number of nitrogens with one attached hydrogen (secondary N) is 1. The Kier molecular flexibility index (Phi) is 52.1. The summed E-state index contributed by atoms with van der Waals surface area (Å²) >= 11 is 6.25. The zero-order chi connectivity index (χ0) is 44.8. The first-order valence-corrected chi connectivity index (χ1v) is 24.9. The second kappa shape index (κ2) is 46.8. The first kappa shape index (κ1) is 67.9. The van der Waals surface area contributed by atoms with Gasteiger partial charge >= 0.3 is 24.0 Å². The normalized spacial score (nSPS) is 12.9. The SMILES string of the molecule is CC(C)CC(=O)OCC(O)CCSCSCCC(O)COC(=O)CCCN(CCCC(=O)OCC(O)SC(C)C)C(=O)OCC(O)CCSC(C)C.NCCNCCN.P.[U]. The minimum atomic E-state index is -0.817. The first-order chi connectivity index (χ1) is 28.0. The van der Waals surface area contributed by atoms with Crippen molar-refractivity contribution in [1.29, 1.82) is 0 Å². The summed E-state index contributed by atoms with van der Waals surface area (Å²) in [5.41, 5.74) is 9.52. The number of aliphatic hydroxyl groups excluding tert-OH is 4. The number of amides is 1. The molecule has 0 aliphatic heterocycles. The number of carbonyl (C=O) groups excluding carboxylic acids is 4. The summed E-state index contributed by atoms with van der Waals surface area (Å²) in [6, 6.07) is 0. The third kappa shape index (κ3) is 49.6. The summed E-state index contributed by atoms with van der Waals surface area (Å²) in [7, 11) is 0. The molecule has 0 heterocycles. The van der Waals surface area contributed by atoms with Gasteiger partial charge in [0.2, 0.25) is 0 Å². The molecule has 0 saturated heterocycles. The van der Waals surface area contributed by atoms with E-state index in [0.29, 0.717) is 55.5 Å². The molecule has 61 heavy (non-hydrogen) atoms. The third-order valence-electron chi connectivity index (χ3n) is 7.44. The molecule has 0 aromatic heterocycles. The van der Waals surface area contributed by atoms with Gasteiger partial charge in [0.25, 0.3) is 0 Å². The van der Waals surface area contributed by atoms with Gasteiger partial charge in [0.05, 0.1) is 18.3 Å². The molecule has 0 aliphatic carbocycles. The van der Waals surface area contributed by atoms with Crippen molar-refractivity contribution in [3.8, 4) is 0 Å². The van der Waals surface area contributed by atoms with Gasteiger partial charge in [-0.2, -0.15) is 45.2 Å². The van der Waals surface area contributed by atoms with Crippen LogP contribution in [0.15, 0.2) is 0 Å². The van der Waals surface area contributed by atoms with Crippen LogP contribution < -0.4 is 16.8 Å². The molecule has 0 radical (unpaired) electrons. The van der Waals surface area contributed by atoms with E-state index in [1.807, 2.05) is 27.7 Å². The van der Waals surface area contributed by atoms with Gasteiger partial charge in [-0.15, -0.1) is 11.8 Å². The molecule has 0 saturated carbocycles. The van der Waals surface area contributed by atoms with Gasteiger partial charge in [0.15, 0.2) is 0 Å². The molecule has 0 bridgehead atoms. The number of rotatable bonds is 36. The predicted molar refractivity (Wildman–Crippen MR) is 254 cm³/mol. The molecule has 5 atom stereocenters. The monoisotopic (exact) mass is 1190 g/mol. The second-order valence-electron chi connectivity index (χ2n) is 14.6. The minimum Gasteiger partial charge on any atom is -0.463 e. The van der Waals surface area contributed by atoms with Gasteiger partial charge in [0, 0.05) is 100.0 Å². The van der Waals surface area contributed by atoms with Crippen molar-refractivity contribution in [3.63, 3.8) is 0 Å². The topological polar surface area (TPSA) is 253 Å². The van der Waals surface area contributed by atoms with Crippen molar-refractivity contribution in [3.05, 3.63) is 0 Å². The van der Waals surface area contributed by atoms with Gasteiger partial charge in [-0.25, -0.2) is 4.79 Å². The van der Waals surface area contributed by atoms with Crippen molar-refractivity contribution in [2.24, 2.45) is 17.4 Å². The van der Waals surface area contributed by atoms with Crippen LogP contribution in [0.3, 0.4) is 0 Å². The van der Waals surface area contributed by atoms with Gasteiger partial charge in [-0.3, -0.25) is 14.4 Å².